The first-order valence-corrected chi connectivity index (χ1v) is 8.02. The van der Waals surface area contributed by atoms with Crippen molar-refractivity contribution in [2.45, 2.75) is 26.3 Å². The number of rotatable bonds is 5. The van der Waals surface area contributed by atoms with Crippen molar-refractivity contribution in [3.05, 3.63) is 55.9 Å². The molecule has 4 heteroatoms. The molecule has 0 radical (unpaired) electrons. The summed E-state index contributed by atoms with van der Waals surface area (Å²) in [7, 11) is 0. The Kier molecular flexibility index (Phi) is 5.13. The van der Waals surface area contributed by atoms with Gasteiger partial charge in [-0.25, -0.2) is 4.39 Å². The normalized spacial score (nSPS) is 12.6. The van der Waals surface area contributed by atoms with Crippen LogP contribution in [0.3, 0.4) is 0 Å². The molecule has 1 unspecified atom stereocenters. The van der Waals surface area contributed by atoms with Crippen LogP contribution in [0.4, 0.5) is 4.39 Å². The molecule has 1 N–H and O–H groups in total. The van der Waals surface area contributed by atoms with Crippen molar-refractivity contribution < 1.29 is 4.39 Å². The smallest absolute Gasteiger partial charge is 0.128 e. The van der Waals surface area contributed by atoms with Gasteiger partial charge >= 0.3 is 0 Å². The first kappa shape index (κ1) is 14.7. The van der Waals surface area contributed by atoms with Crippen LogP contribution in [-0.4, -0.2) is 6.54 Å². The number of nitrogens with one attached hydrogen (secondary N) is 1. The monoisotopic (exact) mass is 341 g/mol. The van der Waals surface area contributed by atoms with Gasteiger partial charge in [0.2, 0.25) is 0 Å². The zero-order valence-electron chi connectivity index (χ0n) is 11.0. The molecule has 0 aliphatic carbocycles. The predicted octanol–water partition coefficient (Wildman–Crippen LogP) is 5.05. The molecule has 19 heavy (non-hydrogen) atoms. The maximum absolute atomic E-state index is 14.1. The molecule has 1 nitrogen and oxygen atoms in total. The van der Waals surface area contributed by atoms with E-state index < -0.39 is 0 Å². The second-order valence-electron chi connectivity index (χ2n) is 4.58. The van der Waals surface area contributed by atoms with E-state index in [1.165, 1.54) is 0 Å². The fraction of sp³-hybridized carbons (Fsp3) is 0.333. The third kappa shape index (κ3) is 3.65. The van der Waals surface area contributed by atoms with Gasteiger partial charge in [0.15, 0.2) is 0 Å². The Balaban J connectivity index is 2.39. The van der Waals surface area contributed by atoms with Crippen LogP contribution < -0.4 is 5.32 Å². The first-order valence-electron chi connectivity index (χ1n) is 6.35. The summed E-state index contributed by atoms with van der Waals surface area (Å²) in [6, 6.07) is 7.26. The Hall–Kier alpha value is -0.710. The molecule has 2 rings (SSSR count). The van der Waals surface area contributed by atoms with Crippen molar-refractivity contribution in [3.63, 3.8) is 0 Å². The number of benzene rings is 1. The van der Waals surface area contributed by atoms with Gasteiger partial charge in [0.1, 0.15) is 5.82 Å². The van der Waals surface area contributed by atoms with Crippen LogP contribution in [-0.2, 0) is 0 Å². The van der Waals surface area contributed by atoms with Gasteiger partial charge in [-0.15, -0.1) is 11.3 Å². The summed E-state index contributed by atoms with van der Waals surface area (Å²) in [5, 5.41) is 5.46. The molecule has 0 amide bonds. The van der Waals surface area contributed by atoms with E-state index >= 15 is 0 Å². The molecule has 1 atom stereocenters. The molecule has 0 spiro atoms. The third-order valence-corrected chi connectivity index (χ3v) is 4.69. The van der Waals surface area contributed by atoms with E-state index in [-0.39, 0.29) is 11.9 Å². The highest BCUT2D eigenvalue weighted by molar-refractivity contribution is 9.10. The van der Waals surface area contributed by atoms with E-state index in [1.54, 1.807) is 23.5 Å². The molecule has 1 aromatic carbocycles. The minimum atomic E-state index is -0.149. The summed E-state index contributed by atoms with van der Waals surface area (Å²) in [4.78, 5) is 1.13. The Labute approximate surface area is 126 Å². The lowest BCUT2D eigenvalue weighted by Crippen LogP contribution is -2.23. The van der Waals surface area contributed by atoms with Crippen LogP contribution in [0.25, 0.3) is 0 Å². The fourth-order valence-electron chi connectivity index (χ4n) is 2.02. The fourth-order valence-corrected chi connectivity index (χ4v) is 3.55. The Morgan fingerprint density at radius 1 is 1.37 bits per heavy atom. The average Bonchev–Trinajstić information content (AvgIpc) is 2.80. The van der Waals surface area contributed by atoms with Gasteiger partial charge in [-0.1, -0.05) is 24.6 Å². The molecule has 0 aliphatic heterocycles. The summed E-state index contributed by atoms with van der Waals surface area (Å²) in [5.41, 5.74) is 1.80. The van der Waals surface area contributed by atoms with Gasteiger partial charge in [-0.3, -0.25) is 0 Å². The first-order chi connectivity index (χ1) is 9.11. The molecule has 0 bridgehead atoms. The topological polar surface area (TPSA) is 12.0 Å². The number of thiophene rings is 1. The Morgan fingerprint density at radius 2 is 2.16 bits per heavy atom. The standard InChI is InChI=1S/C15H17BrFNS/c1-3-6-18-15(14-8-11(16)9-19-14)12-7-10(2)4-5-13(12)17/h4-5,7-9,15,18H,3,6H2,1-2H3. The molecule has 0 saturated heterocycles. The SMILES string of the molecule is CCCNC(c1cc(Br)cs1)c1cc(C)ccc1F. The average molecular weight is 342 g/mol. The van der Waals surface area contributed by atoms with Crippen LogP contribution in [0.15, 0.2) is 34.1 Å². The lowest BCUT2D eigenvalue weighted by molar-refractivity contribution is 0.550. The van der Waals surface area contributed by atoms with E-state index in [4.69, 9.17) is 0 Å². The minimum Gasteiger partial charge on any atom is -0.306 e. The van der Waals surface area contributed by atoms with Gasteiger partial charge in [0.25, 0.3) is 0 Å². The molecule has 2 aromatic rings. The summed E-state index contributed by atoms with van der Waals surface area (Å²) < 4.78 is 15.1. The van der Waals surface area contributed by atoms with Gasteiger partial charge in [-0.2, -0.15) is 0 Å². The van der Waals surface area contributed by atoms with Crippen molar-refractivity contribution in [1.82, 2.24) is 5.32 Å². The van der Waals surface area contributed by atoms with Crippen molar-refractivity contribution in [1.29, 1.82) is 0 Å². The van der Waals surface area contributed by atoms with E-state index in [9.17, 15) is 4.39 Å². The van der Waals surface area contributed by atoms with Crippen LogP contribution in [0, 0.1) is 12.7 Å². The van der Waals surface area contributed by atoms with Crippen molar-refractivity contribution in [2.24, 2.45) is 0 Å². The van der Waals surface area contributed by atoms with Crippen molar-refractivity contribution in [3.8, 4) is 0 Å². The van der Waals surface area contributed by atoms with Crippen LogP contribution >= 0.6 is 27.3 Å². The maximum atomic E-state index is 14.1. The second-order valence-corrected chi connectivity index (χ2v) is 6.44. The maximum Gasteiger partial charge on any atom is 0.128 e. The largest absolute Gasteiger partial charge is 0.306 e. The molecule has 1 heterocycles. The van der Waals surface area contributed by atoms with Gasteiger partial charge in [-0.05, 0) is 48.0 Å². The summed E-state index contributed by atoms with van der Waals surface area (Å²) in [5.74, 6) is -0.149. The number of hydrogen-bond acceptors (Lipinski definition) is 2. The molecule has 0 aliphatic rings. The number of hydrogen-bond donors (Lipinski definition) is 1. The van der Waals surface area contributed by atoms with Gasteiger partial charge < -0.3 is 5.32 Å². The van der Waals surface area contributed by atoms with Crippen LogP contribution in [0.2, 0.25) is 0 Å². The number of halogens is 2. The van der Waals surface area contributed by atoms with Gasteiger partial charge in [0.05, 0.1) is 6.04 Å². The van der Waals surface area contributed by atoms with E-state index in [1.807, 2.05) is 18.4 Å². The third-order valence-electron chi connectivity index (χ3n) is 2.93. The second kappa shape index (κ2) is 6.64. The molecule has 0 fully saturated rings. The lowest BCUT2D eigenvalue weighted by atomic mass is 10.0. The molecule has 0 saturated carbocycles. The van der Waals surface area contributed by atoms with Crippen molar-refractivity contribution >= 4 is 27.3 Å². The minimum absolute atomic E-state index is 0.0730. The van der Waals surface area contributed by atoms with E-state index in [2.05, 4.69) is 34.2 Å². The highest BCUT2D eigenvalue weighted by atomic mass is 79.9. The quantitative estimate of drug-likeness (QED) is 0.802. The zero-order valence-corrected chi connectivity index (χ0v) is 13.4. The summed E-state index contributed by atoms with van der Waals surface area (Å²) in [6.07, 6.45) is 1.02. The van der Waals surface area contributed by atoms with E-state index in [0.29, 0.717) is 0 Å². The summed E-state index contributed by atoms with van der Waals surface area (Å²) in [6.45, 7) is 4.97. The molecule has 102 valence electrons. The van der Waals surface area contributed by atoms with Gasteiger partial charge in [0, 0.05) is 20.3 Å². The van der Waals surface area contributed by atoms with Crippen LogP contribution in [0.1, 0.15) is 35.4 Å². The predicted molar refractivity (Wildman–Crippen MR) is 83.3 cm³/mol. The molecule has 1 aromatic heterocycles. The Morgan fingerprint density at radius 3 is 2.79 bits per heavy atom. The summed E-state index contributed by atoms with van der Waals surface area (Å²) >= 11 is 5.10. The molecular weight excluding hydrogens is 325 g/mol. The van der Waals surface area contributed by atoms with Crippen LogP contribution in [0.5, 0.6) is 0 Å². The highest BCUT2D eigenvalue weighted by Gasteiger charge is 2.19. The molecular formula is C15H17BrFNS. The van der Waals surface area contributed by atoms with Crippen molar-refractivity contribution in [2.75, 3.05) is 6.54 Å². The van der Waals surface area contributed by atoms with E-state index in [0.717, 1.165) is 33.4 Å². The highest BCUT2D eigenvalue weighted by Crippen LogP contribution is 2.31. The lowest BCUT2D eigenvalue weighted by Gasteiger charge is -2.19. The zero-order chi connectivity index (χ0) is 13.8. The Bertz CT molecular complexity index is 553. The number of aryl methyl sites for hydroxylation is 1.